The number of hydrogen-bond donors (Lipinski definition) is 3. The first kappa shape index (κ1) is 20.0. The number of carbonyl (C=O) groups excluding carboxylic acids is 1. The van der Waals surface area contributed by atoms with Gasteiger partial charge in [0.25, 0.3) is 5.91 Å². The van der Waals surface area contributed by atoms with E-state index in [1.54, 1.807) is 72.8 Å². The third-order valence-corrected chi connectivity index (χ3v) is 4.22. The summed E-state index contributed by atoms with van der Waals surface area (Å²) < 4.78 is 5.71. The standard InChI is InChI=1S/C22H17ClN2O4/c23-17-7-4-8-18(24)20(17)29-16-11-9-14(10-12-16)13-19(22(27)28)25-21(26)15-5-2-1-3-6-15/h1-13H,24H2,(H,25,26)(H,27,28)/b19-13+. The second-order valence-corrected chi connectivity index (χ2v) is 6.42. The SMILES string of the molecule is Nc1cccc(Cl)c1Oc1ccc(/C=C(/NC(=O)c2ccccc2)C(=O)O)cc1. The number of rotatable bonds is 6. The molecule has 29 heavy (non-hydrogen) atoms. The van der Waals surface area contributed by atoms with Crippen molar-refractivity contribution in [2.45, 2.75) is 0 Å². The minimum absolute atomic E-state index is 0.247. The number of carboxylic acids is 1. The topological polar surface area (TPSA) is 102 Å². The zero-order chi connectivity index (χ0) is 20.8. The van der Waals surface area contributed by atoms with Crippen LogP contribution in [-0.2, 0) is 4.79 Å². The Labute approximate surface area is 172 Å². The molecular formula is C22H17ClN2O4. The van der Waals surface area contributed by atoms with E-state index in [1.807, 2.05) is 0 Å². The molecule has 146 valence electrons. The van der Waals surface area contributed by atoms with Gasteiger partial charge in [-0.15, -0.1) is 0 Å². The number of nitrogens with one attached hydrogen (secondary N) is 1. The van der Waals surface area contributed by atoms with Gasteiger partial charge in [-0.2, -0.15) is 0 Å². The van der Waals surface area contributed by atoms with Crippen LogP contribution in [0.4, 0.5) is 5.69 Å². The van der Waals surface area contributed by atoms with Gasteiger partial charge in [-0.1, -0.05) is 48.0 Å². The maximum atomic E-state index is 12.2. The Morgan fingerprint density at radius 3 is 2.28 bits per heavy atom. The molecule has 1 amide bonds. The lowest BCUT2D eigenvalue weighted by Gasteiger charge is -2.10. The van der Waals surface area contributed by atoms with Crippen LogP contribution in [0.15, 0.2) is 78.5 Å². The van der Waals surface area contributed by atoms with E-state index >= 15 is 0 Å². The molecule has 0 fully saturated rings. The Hall–Kier alpha value is -3.77. The van der Waals surface area contributed by atoms with Crippen LogP contribution in [0.25, 0.3) is 6.08 Å². The van der Waals surface area contributed by atoms with E-state index in [-0.39, 0.29) is 5.70 Å². The zero-order valence-electron chi connectivity index (χ0n) is 15.1. The van der Waals surface area contributed by atoms with Crippen molar-refractivity contribution in [2.75, 3.05) is 5.73 Å². The number of ether oxygens (including phenoxy) is 1. The average molecular weight is 409 g/mol. The van der Waals surface area contributed by atoms with Gasteiger partial charge in [0.1, 0.15) is 11.4 Å². The molecule has 0 radical (unpaired) electrons. The fraction of sp³-hybridized carbons (Fsp3) is 0. The molecule has 4 N–H and O–H groups in total. The summed E-state index contributed by atoms with van der Waals surface area (Å²) >= 11 is 6.09. The summed E-state index contributed by atoms with van der Waals surface area (Å²) in [6, 6.07) is 20.0. The number of benzene rings is 3. The molecule has 7 heteroatoms. The second-order valence-electron chi connectivity index (χ2n) is 6.01. The van der Waals surface area contributed by atoms with E-state index in [2.05, 4.69) is 5.32 Å². The van der Waals surface area contributed by atoms with Gasteiger partial charge >= 0.3 is 5.97 Å². The smallest absolute Gasteiger partial charge is 0.352 e. The van der Waals surface area contributed by atoms with E-state index in [1.165, 1.54) is 6.08 Å². The van der Waals surface area contributed by atoms with Gasteiger partial charge < -0.3 is 20.9 Å². The number of hydrogen-bond acceptors (Lipinski definition) is 4. The quantitative estimate of drug-likeness (QED) is 0.409. The molecule has 0 aliphatic carbocycles. The Bertz CT molecular complexity index is 1040. The number of halogens is 1. The summed E-state index contributed by atoms with van der Waals surface area (Å²) in [7, 11) is 0. The maximum Gasteiger partial charge on any atom is 0.352 e. The van der Waals surface area contributed by atoms with Gasteiger partial charge in [-0.3, -0.25) is 4.79 Å². The van der Waals surface area contributed by atoms with E-state index in [9.17, 15) is 14.7 Å². The van der Waals surface area contributed by atoms with Crippen LogP contribution in [0, 0.1) is 0 Å². The predicted octanol–water partition coefficient (Wildman–Crippen LogP) is 4.57. The van der Waals surface area contributed by atoms with Crippen LogP contribution < -0.4 is 15.8 Å². The molecule has 6 nitrogen and oxygen atoms in total. The van der Waals surface area contributed by atoms with Crippen molar-refractivity contribution in [3.05, 3.63) is 94.6 Å². The highest BCUT2D eigenvalue weighted by Crippen LogP contribution is 2.34. The lowest BCUT2D eigenvalue weighted by molar-refractivity contribution is -0.132. The Morgan fingerprint density at radius 2 is 1.66 bits per heavy atom. The molecule has 0 unspecified atom stereocenters. The van der Waals surface area contributed by atoms with Crippen molar-refractivity contribution in [3.8, 4) is 11.5 Å². The van der Waals surface area contributed by atoms with Crippen LogP contribution in [0.1, 0.15) is 15.9 Å². The molecule has 0 spiro atoms. The second kappa shape index (κ2) is 8.95. The van der Waals surface area contributed by atoms with Crippen molar-refractivity contribution < 1.29 is 19.4 Å². The molecule has 0 aliphatic heterocycles. The van der Waals surface area contributed by atoms with Crippen molar-refractivity contribution in [1.82, 2.24) is 5.32 Å². The molecule has 0 atom stereocenters. The fourth-order valence-corrected chi connectivity index (χ4v) is 2.71. The first-order valence-corrected chi connectivity index (χ1v) is 8.95. The molecule has 3 aromatic rings. The first-order valence-electron chi connectivity index (χ1n) is 8.57. The third-order valence-electron chi connectivity index (χ3n) is 3.92. The van der Waals surface area contributed by atoms with E-state index in [0.29, 0.717) is 33.3 Å². The van der Waals surface area contributed by atoms with Crippen LogP contribution in [0.3, 0.4) is 0 Å². The zero-order valence-corrected chi connectivity index (χ0v) is 15.9. The summed E-state index contributed by atoms with van der Waals surface area (Å²) in [4.78, 5) is 23.7. The molecule has 3 rings (SSSR count). The third kappa shape index (κ3) is 5.15. The van der Waals surface area contributed by atoms with Crippen molar-refractivity contribution in [1.29, 1.82) is 0 Å². The number of carbonyl (C=O) groups is 2. The molecule has 0 heterocycles. The molecule has 0 saturated carbocycles. The van der Waals surface area contributed by atoms with Gasteiger partial charge in [0.2, 0.25) is 0 Å². The maximum absolute atomic E-state index is 12.2. The number of nitrogens with two attached hydrogens (primary N) is 1. The van der Waals surface area contributed by atoms with Gasteiger partial charge in [-0.25, -0.2) is 4.79 Å². The predicted molar refractivity (Wildman–Crippen MR) is 112 cm³/mol. The minimum atomic E-state index is -1.25. The number of nitrogen functional groups attached to an aromatic ring is 1. The number of amides is 1. The first-order chi connectivity index (χ1) is 13.9. The molecule has 0 bridgehead atoms. The highest BCUT2D eigenvalue weighted by molar-refractivity contribution is 6.32. The van der Waals surface area contributed by atoms with Crippen LogP contribution in [-0.4, -0.2) is 17.0 Å². The van der Waals surface area contributed by atoms with Crippen molar-refractivity contribution in [3.63, 3.8) is 0 Å². The summed E-state index contributed by atoms with van der Waals surface area (Å²) in [6.45, 7) is 0. The Kier molecular flexibility index (Phi) is 6.16. The van der Waals surface area contributed by atoms with Gasteiger partial charge in [0.05, 0.1) is 10.7 Å². The number of aliphatic carboxylic acids is 1. The van der Waals surface area contributed by atoms with Crippen LogP contribution >= 0.6 is 11.6 Å². The largest absolute Gasteiger partial charge is 0.477 e. The van der Waals surface area contributed by atoms with Gasteiger partial charge in [0, 0.05) is 5.56 Å². The number of anilines is 1. The molecule has 0 aromatic heterocycles. The number of para-hydroxylation sites is 1. The Balaban J connectivity index is 1.77. The van der Waals surface area contributed by atoms with Gasteiger partial charge in [0.15, 0.2) is 5.75 Å². The summed E-state index contributed by atoms with van der Waals surface area (Å²) in [5.74, 6) is -0.933. The molecule has 0 aliphatic rings. The Morgan fingerprint density at radius 1 is 0.966 bits per heavy atom. The fourth-order valence-electron chi connectivity index (χ4n) is 2.49. The average Bonchev–Trinajstić information content (AvgIpc) is 2.72. The molecule has 3 aromatic carbocycles. The van der Waals surface area contributed by atoms with Gasteiger partial charge in [-0.05, 0) is 48.0 Å². The monoisotopic (exact) mass is 408 g/mol. The summed E-state index contributed by atoms with van der Waals surface area (Å²) in [5, 5.41) is 12.2. The highest BCUT2D eigenvalue weighted by Gasteiger charge is 2.13. The van der Waals surface area contributed by atoms with E-state index in [0.717, 1.165) is 0 Å². The minimum Gasteiger partial charge on any atom is -0.477 e. The van der Waals surface area contributed by atoms with E-state index in [4.69, 9.17) is 22.1 Å². The number of carboxylic acid groups (broad SMARTS) is 1. The summed E-state index contributed by atoms with van der Waals surface area (Å²) in [5.41, 5.74) is 6.95. The highest BCUT2D eigenvalue weighted by atomic mass is 35.5. The lowest BCUT2D eigenvalue weighted by Crippen LogP contribution is -2.27. The van der Waals surface area contributed by atoms with Crippen molar-refractivity contribution in [2.24, 2.45) is 0 Å². The molecule has 0 saturated heterocycles. The van der Waals surface area contributed by atoms with Crippen LogP contribution in [0.5, 0.6) is 11.5 Å². The van der Waals surface area contributed by atoms with Crippen LogP contribution in [0.2, 0.25) is 5.02 Å². The summed E-state index contributed by atoms with van der Waals surface area (Å²) in [6.07, 6.45) is 1.36. The normalized spacial score (nSPS) is 11.0. The lowest BCUT2D eigenvalue weighted by atomic mass is 10.1. The van der Waals surface area contributed by atoms with Crippen molar-refractivity contribution >= 4 is 35.2 Å². The van der Waals surface area contributed by atoms with E-state index < -0.39 is 11.9 Å². The molecular weight excluding hydrogens is 392 g/mol.